The number of piperazine rings is 1. The van der Waals surface area contributed by atoms with E-state index in [1.807, 2.05) is 6.20 Å². The maximum absolute atomic E-state index is 12.7. The molecule has 2 saturated heterocycles. The molecule has 2 aliphatic rings. The third-order valence-corrected chi connectivity index (χ3v) is 7.53. The number of aryl methyl sites for hydroxylation is 1. The molecule has 10 nitrogen and oxygen atoms in total. The van der Waals surface area contributed by atoms with E-state index in [-0.39, 0.29) is 11.8 Å². The largest absolute Gasteiger partial charge is 0.385 e. The fourth-order valence-electron chi connectivity index (χ4n) is 3.90. The molecule has 1 unspecified atom stereocenters. The molecule has 1 aromatic heterocycles. The summed E-state index contributed by atoms with van der Waals surface area (Å²) in [7, 11) is 2.60. The molecule has 1 atom stereocenters. The minimum Gasteiger partial charge on any atom is -0.385 e. The minimum absolute atomic E-state index is 0.0627. The second-order valence-corrected chi connectivity index (χ2v) is 10.2. The van der Waals surface area contributed by atoms with E-state index >= 15 is 0 Å². The number of methoxy groups -OCH3 is 1. The summed E-state index contributed by atoms with van der Waals surface area (Å²) in [5.74, 6) is 0.201. The van der Waals surface area contributed by atoms with Crippen LogP contribution in [0.5, 0.6) is 0 Å². The fourth-order valence-corrected chi connectivity index (χ4v) is 5.64. The maximum Gasteiger partial charge on any atom is 0.216 e. The molecule has 0 amide bonds. The lowest BCUT2D eigenvalue weighted by Gasteiger charge is -2.37. The Morgan fingerprint density at radius 2 is 1.97 bits per heavy atom. The molecule has 166 valence electrons. The quantitative estimate of drug-likeness (QED) is 0.438. The van der Waals surface area contributed by atoms with Gasteiger partial charge in [-0.3, -0.25) is 14.5 Å². The number of hydrogen-bond donors (Lipinski definition) is 0. The third kappa shape index (κ3) is 6.43. The van der Waals surface area contributed by atoms with Crippen molar-refractivity contribution in [2.75, 3.05) is 79.4 Å². The van der Waals surface area contributed by atoms with E-state index in [2.05, 4.69) is 39.1 Å². The van der Waals surface area contributed by atoms with Crippen LogP contribution in [0.15, 0.2) is 6.20 Å². The molecule has 3 heterocycles. The summed E-state index contributed by atoms with van der Waals surface area (Å²) in [6, 6.07) is 0.0627. The van der Waals surface area contributed by atoms with E-state index in [0.29, 0.717) is 31.9 Å². The average Bonchev–Trinajstić information content (AvgIpc) is 3.25. The van der Waals surface area contributed by atoms with E-state index in [1.54, 1.807) is 16.1 Å². The minimum atomic E-state index is -3.26. The number of aromatic nitrogens is 3. The zero-order valence-electron chi connectivity index (χ0n) is 17.9. The number of likely N-dealkylation sites (N-methyl/N-ethyl adjacent to an activating group) is 1. The molecule has 0 spiro atoms. The second kappa shape index (κ2) is 10.3. The van der Waals surface area contributed by atoms with Crippen LogP contribution >= 0.6 is 0 Å². The Hall–Kier alpha value is -1.11. The molecule has 1 aromatic rings. The van der Waals surface area contributed by atoms with Gasteiger partial charge >= 0.3 is 0 Å². The fraction of sp³-hybridized carbons (Fsp3) is 0.889. The molecule has 0 aromatic carbocycles. The van der Waals surface area contributed by atoms with Gasteiger partial charge in [-0.1, -0.05) is 5.21 Å². The average molecular weight is 430 g/mol. The summed E-state index contributed by atoms with van der Waals surface area (Å²) in [6.45, 7) is 8.19. The molecule has 0 saturated carbocycles. The second-order valence-electron chi connectivity index (χ2n) is 8.23. The number of sulfonamides is 1. The summed E-state index contributed by atoms with van der Waals surface area (Å²) in [5, 5.41) is 8.24. The highest BCUT2D eigenvalue weighted by Gasteiger charge is 2.40. The van der Waals surface area contributed by atoms with Crippen LogP contribution in [0.25, 0.3) is 0 Å². The lowest BCUT2D eigenvalue weighted by Crippen LogP contribution is -2.52. The highest BCUT2D eigenvalue weighted by molar-refractivity contribution is 7.89. The van der Waals surface area contributed by atoms with Crippen molar-refractivity contribution in [3.8, 4) is 0 Å². The van der Waals surface area contributed by atoms with Gasteiger partial charge in [0.25, 0.3) is 0 Å². The number of rotatable bonds is 10. The van der Waals surface area contributed by atoms with Gasteiger partial charge in [-0.05, 0) is 20.5 Å². The molecule has 3 rings (SSSR count). The molecular formula is C18H35N7O3S. The van der Waals surface area contributed by atoms with Gasteiger partial charge in [-0.25, -0.2) is 8.42 Å². The molecular weight excluding hydrogens is 394 g/mol. The molecule has 0 N–H and O–H groups in total. The van der Waals surface area contributed by atoms with Gasteiger partial charge in [0, 0.05) is 78.3 Å². The molecule has 0 bridgehead atoms. The zero-order chi connectivity index (χ0) is 20.9. The van der Waals surface area contributed by atoms with Crippen LogP contribution in [0, 0.1) is 0 Å². The number of hydrogen-bond acceptors (Lipinski definition) is 8. The van der Waals surface area contributed by atoms with E-state index in [1.165, 1.54) is 0 Å². The van der Waals surface area contributed by atoms with Crippen molar-refractivity contribution in [1.82, 2.24) is 34.0 Å². The van der Waals surface area contributed by atoms with E-state index in [0.717, 1.165) is 45.7 Å². The van der Waals surface area contributed by atoms with E-state index in [9.17, 15) is 8.42 Å². The Morgan fingerprint density at radius 3 is 2.66 bits per heavy atom. The highest BCUT2D eigenvalue weighted by Crippen LogP contribution is 2.22. The van der Waals surface area contributed by atoms with Gasteiger partial charge in [0.1, 0.15) is 0 Å². The lowest BCUT2D eigenvalue weighted by molar-refractivity contribution is 0.0964. The molecule has 11 heteroatoms. The lowest BCUT2D eigenvalue weighted by atomic mass is 10.2. The summed E-state index contributed by atoms with van der Waals surface area (Å²) in [4.78, 5) is 6.99. The maximum atomic E-state index is 12.7. The van der Waals surface area contributed by atoms with Crippen LogP contribution in [0.4, 0.5) is 0 Å². The Bertz CT molecular complexity index is 732. The Kier molecular flexibility index (Phi) is 7.99. The first-order chi connectivity index (χ1) is 13.9. The zero-order valence-corrected chi connectivity index (χ0v) is 18.7. The van der Waals surface area contributed by atoms with E-state index < -0.39 is 10.0 Å². The first-order valence-corrected chi connectivity index (χ1v) is 11.9. The summed E-state index contributed by atoms with van der Waals surface area (Å²) in [5.41, 5.74) is 0.695. The van der Waals surface area contributed by atoms with E-state index in [4.69, 9.17) is 4.74 Å². The van der Waals surface area contributed by atoms with Crippen molar-refractivity contribution in [2.24, 2.45) is 0 Å². The van der Waals surface area contributed by atoms with Crippen molar-refractivity contribution in [3.63, 3.8) is 0 Å². The Labute approximate surface area is 174 Å². The van der Waals surface area contributed by atoms with Crippen molar-refractivity contribution in [2.45, 2.75) is 25.6 Å². The molecule has 29 heavy (non-hydrogen) atoms. The van der Waals surface area contributed by atoms with Gasteiger partial charge in [-0.2, -0.15) is 4.31 Å². The summed E-state index contributed by atoms with van der Waals surface area (Å²) < 4.78 is 33.7. The van der Waals surface area contributed by atoms with Gasteiger partial charge in [-0.15, -0.1) is 5.10 Å². The predicted octanol–water partition coefficient (Wildman–Crippen LogP) is -0.992. The van der Waals surface area contributed by atoms with Crippen molar-refractivity contribution >= 4 is 10.0 Å². The van der Waals surface area contributed by atoms with Gasteiger partial charge < -0.3 is 9.64 Å². The normalized spacial score (nSPS) is 23.9. The van der Waals surface area contributed by atoms with Crippen molar-refractivity contribution in [3.05, 3.63) is 11.9 Å². The van der Waals surface area contributed by atoms with Gasteiger partial charge in [0.2, 0.25) is 10.0 Å². The van der Waals surface area contributed by atoms with Crippen molar-refractivity contribution in [1.29, 1.82) is 0 Å². The number of nitrogens with zero attached hydrogens (tertiary/aromatic N) is 7. The summed E-state index contributed by atoms with van der Waals surface area (Å²) in [6.07, 6.45) is 2.69. The predicted molar refractivity (Wildman–Crippen MR) is 111 cm³/mol. The van der Waals surface area contributed by atoms with Crippen LogP contribution in [0.2, 0.25) is 0 Å². The molecule has 2 fully saturated rings. The highest BCUT2D eigenvalue weighted by atomic mass is 32.2. The van der Waals surface area contributed by atoms with Crippen molar-refractivity contribution < 1.29 is 13.2 Å². The van der Waals surface area contributed by atoms with Crippen LogP contribution < -0.4 is 0 Å². The van der Waals surface area contributed by atoms with Gasteiger partial charge in [0.15, 0.2) is 0 Å². The van der Waals surface area contributed by atoms with Gasteiger partial charge in [0.05, 0.1) is 18.0 Å². The smallest absolute Gasteiger partial charge is 0.216 e. The standard InChI is InChI=1S/C18H35N7O3S/c1-21(2)6-7-22-8-10-23(11-9-22)18-15-25(29(26,27)16-18)14-17-13-24(20-19-17)5-4-12-28-3/h13,18H,4-12,14-16H2,1-3H3. The summed E-state index contributed by atoms with van der Waals surface area (Å²) >= 11 is 0. The van der Waals surface area contributed by atoms with Crippen LogP contribution in [0.3, 0.4) is 0 Å². The molecule has 0 aliphatic carbocycles. The van der Waals surface area contributed by atoms with Crippen LogP contribution in [0.1, 0.15) is 12.1 Å². The Balaban J connectivity index is 1.49. The topological polar surface area (TPSA) is 87.0 Å². The molecule has 0 radical (unpaired) electrons. The monoisotopic (exact) mass is 429 g/mol. The van der Waals surface area contributed by atoms with Crippen LogP contribution in [-0.2, 0) is 27.8 Å². The molecule has 2 aliphatic heterocycles. The first kappa shape index (κ1) is 22.6. The third-order valence-electron chi connectivity index (χ3n) is 5.66. The Morgan fingerprint density at radius 1 is 1.21 bits per heavy atom. The first-order valence-electron chi connectivity index (χ1n) is 10.3. The number of ether oxygens (including phenoxy) is 1. The SMILES string of the molecule is COCCCn1cc(CN2CC(N3CCN(CCN(C)C)CC3)CS2(=O)=O)nn1. The van der Waals surface area contributed by atoms with Crippen LogP contribution in [-0.4, -0.2) is 128 Å².